The molecule has 0 spiro atoms. The third-order valence-corrected chi connectivity index (χ3v) is 3.04. The topological polar surface area (TPSA) is 85.7 Å². The molecule has 2 aromatic rings. The molecule has 0 saturated heterocycles. The molecule has 1 heterocycles. The number of amidine groups is 1. The SMILES string of the molecule is COC(C)Cn1c(C/C(N)=N/O)nc2ccccc21. The van der Waals surface area contributed by atoms with Crippen molar-refractivity contribution in [3.63, 3.8) is 0 Å². The Hall–Kier alpha value is -2.08. The maximum Gasteiger partial charge on any atom is 0.146 e. The van der Waals surface area contributed by atoms with Gasteiger partial charge < -0.3 is 20.2 Å². The van der Waals surface area contributed by atoms with E-state index in [-0.39, 0.29) is 11.9 Å². The van der Waals surface area contributed by atoms with Crippen LogP contribution in [0.5, 0.6) is 0 Å². The fourth-order valence-corrected chi connectivity index (χ4v) is 1.99. The summed E-state index contributed by atoms with van der Waals surface area (Å²) in [6.07, 6.45) is 0.366. The van der Waals surface area contributed by atoms with Gasteiger partial charge in [0.15, 0.2) is 0 Å². The van der Waals surface area contributed by atoms with Gasteiger partial charge in [-0.05, 0) is 19.1 Å². The molecule has 0 aliphatic carbocycles. The molecular weight excluding hydrogens is 244 g/mol. The number of hydrogen-bond donors (Lipinski definition) is 2. The highest BCUT2D eigenvalue weighted by Gasteiger charge is 2.14. The number of oxime groups is 1. The Kier molecular flexibility index (Phi) is 4.01. The summed E-state index contributed by atoms with van der Waals surface area (Å²) in [7, 11) is 1.67. The van der Waals surface area contributed by atoms with Crippen molar-refractivity contribution >= 4 is 16.9 Å². The molecule has 1 atom stereocenters. The number of rotatable bonds is 5. The van der Waals surface area contributed by atoms with Crippen LogP contribution < -0.4 is 5.73 Å². The first-order chi connectivity index (χ1) is 9.15. The second-order valence-corrected chi connectivity index (χ2v) is 4.44. The summed E-state index contributed by atoms with van der Waals surface area (Å²) in [6, 6.07) is 7.84. The number of methoxy groups -OCH3 is 1. The predicted molar refractivity (Wildman–Crippen MR) is 73.3 cm³/mol. The molecule has 0 saturated carbocycles. The van der Waals surface area contributed by atoms with Gasteiger partial charge in [0.1, 0.15) is 11.7 Å². The van der Waals surface area contributed by atoms with Crippen molar-refractivity contribution in [2.75, 3.05) is 7.11 Å². The van der Waals surface area contributed by atoms with Crippen LogP contribution in [-0.4, -0.2) is 33.8 Å². The normalized spacial score (nSPS) is 13.9. The molecule has 1 aromatic heterocycles. The number of aromatic nitrogens is 2. The summed E-state index contributed by atoms with van der Waals surface area (Å²) in [5.74, 6) is 0.905. The third-order valence-electron chi connectivity index (χ3n) is 3.04. The zero-order chi connectivity index (χ0) is 13.8. The van der Waals surface area contributed by atoms with Crippen LogP contribution >= 0.6 is 0 Å². The molecule has 19 heavy (non-hydrogen) atoms. The Balaban J connectivity index is 2.45. The van der Waals surface area contributed by atoms with Crippen LogP contribution in [0, 0.1) is 0 Å². The predicted octanol–water partition coefficient (Wildman–Crippen LogP) is 1.36. The number of benzene rings is 1. The first kappa shape index (κ1) is 13.4. The Morgan fingerprint density at radius 1 is 1.53 bits per heavy atom. The Bertz CT molecular complexity index is 591. The molecule has 0 fully saturated rings. The van der Waals surface area contributed by atoms with E-state index in [1.165, 1.54) is 0 Å². The van der Waals surface area contributed by atoms with Gasteiger partial charge in [0.25, 0.3) is 0 Å². The molecule has 0 aliphatic rings. The lowest BCUT2D eigenvalue weighted by Gasteiger charge is -2.13. The second kappa shape index (κ2) is 5.71. The summed E-state index contributed by atoms with van der Waals surface area (Å²) in [5, 5.41) is 11.7. The number of fused-ring (bicyclic) bond motifs is 1. The molecule has 0 aliphatic heterocycles. The highest BCUT2D eigenvalue weighted by molar-refractivity contribution is 5.83. The lowest BCUT2D eigenvalue weighted by Crippen LogP contribution is -2.21. The van der Waals surface area contributed by atoms with Gasteiger partial charge in [0.05, 0.1) is 30.1 Å². The van der Waals surface area contributed by atoms with Gasteiger partial charge in [0, 0.05) is 7.11 Å². The van der Waals surface area contributed by atoms with Gasteiger partial charge in [-0.3, -0.25) is 0 Å². The monoisotopic (exact) mass is 262 g/mol. The molecule has 0 bridgehead atoms. The molecular formula is C13H18N4O2. The lowest BCUT2D eigenvalue weighted by molar-refractivity contribution is 0.103. The average molecular weight is 262 g/mol. The maximum atomic E-state index is 8.69. The molecule has 6 nitrogen and oxygen atoms in total. The van der Waals surface area contributed by atoms with Crippen molar-refractivity contribution in [3.05, 3.63) is 30.1 Å². The number of nitrogens with two attached hydrogens (primary N) is 1. The number of ether oxygens (including phenoxy) is 1. The fourth-order valence-electron chi connectivity index (χ4n) is 1.99. The van der Waals surface area contributed by atoms with Gasteiger partial charge >= 0.3 is 0 Å². The second-order valence-electron chi connectivity index (χ2n) is 4.44. The Morgan fingerprint density at radius 3 is 2.95 bits per heavy atom. The van der Waals surface area contributed by atoms with Crippen molar-refractivity contribution < 1.29 is 9.94 Å². The van der Waals surface area contributed by atoms with E-state index in [1.54, 1.807) is 7.11 Å². The van der Waals surface area contributed by atoms with Gasteiger partial charge in [0.2, 0.25) is 0 Å². The number of para-hydroxylation sites is 2. The zero-order valence-corrected chi connectivity index (χ0v) is 11.1. The Labute approximate surface area is 111 Å². The van der Waals surface area contributed by atoms with E-state index in [2.05, 4.69) is 10.1 Å². The van der Waals surface area contributed by atoms with E-state index >= 15 is 0 Å². The van der Waals surface area contributed by atoms with Gasteiger partial charge in [-0.25, -0.2) is 4.98 Å². The average Bonchev–Trinajstić information content (AvgIpc) is 2.76. The van der Waals surface area contributed by atoms with Gasteiger partial charge in [-0.15, -0.1) is 0 Å². The minimum absolute atomic E-state index is 0.0589. The van der Waals surface area contributed by atoms with Crippen molar-refractivity contribution in [2.45, 2.75) is 26.0 Å². The smallest absolute Gasteiger partial charge is 0.146 e. The fraction of sp³-hybridized carbons (Fsp3) is 0.385. The molecule has 3 N–H and O–H groups in total. The van der Waals surface area contributed by atoms with E-state index in [0.29, 0.717) is 13.0 Å². The lowest BCUT2D eigenvalue weighted by atomic mass is 10.3. The highest BCUT2D eigenvalue weighted by Crippen LogP contribution is 2.17. The molecule has 1 unspecified atom stereocenters. The van der Waals surface area contributed by atoms with E-state index in [0.717, 1.165) is 16.9 Å². The first-order valence-electron chi connectivity index (χ1n) is 6.09. The Morgan fingerprint density at radius 2 is 2.26 bits per heavy atom. The first-order valence-corrected chi connectivity index (χ1v) is 6.09. The van der Waals surface area contributed by atoms with Crippen molar-refractivity contribution in [2.24, 2.45) is 10.9 Å². The van der Waals surface area contributed by atoms with E-state index in [4.69, 9.17) is 15.7 Å². The van der Waals surface area contributed by atoms with Crippen molar-refractivity contribution in [1.29, 1.82) is 0 Å². The maximum absolute atomic E-state index is 8.69. The summed E-state index contributed by atoms with van der Waals surface area (Å²) < 4.78 is 7.34. The number of imidazole rings is 1. The van der Waals surface area contributed by atoms with Gasteiger partial charge in [-0.1, -0.05) is 17.3 Å². The zero-order valence-electron chi connectivity index (χ0n) is 11.1. The van der Waals surface area contributed by atoms with Crippen LogP contribution in [-0.2, 0) is 17.7 Å². The number of hydrogen-bond acceptors (Lipinski definition) is 4. The van der Waals surface area contributed by atoms with Crippen LogP contribution in [0.15, 0.2) is 29.4 Å². The van der Waals surface area contributed by atoms with Crippen molar-refractivity contribution in [3.8, 4) is 0 Å². The highest BCUT2D eigenvalue weighted by atomic mass is 16.5. The summed E-state index contributed by atoms with van der Waals surface area (Å²) in [4.78, 5) is 4.52. The van der Waals surface area contributed by atoms with E-state index < -0.39 is 0 Å². The summed E-state index contributed by atoms with van der Waals surface area (Å²) in [5.41, 5.74) is 7.49. The van der Waals surface area contributed by atoms with Crippen LogP contribution in [0.1, 0.15) is 12.7 Å². The molecule has 2 rings (SSSR count). The molecule has 0 radical (unpaired) electrons. The largest absolute Gasteiger partial charge is 0.409 e. The molecule has 1 aromatic carbocycles. The number of nitrogens with zero attached hydrogens (tertiary/aromatic N) is 3. The van der Waals surface area contributed by atoms with Crippen LogP contribution in [0.3, 0.4) is 0 Å². The van der Waals surface area contributed by atoms with Crippen LogP contribution in [0.4, 0.5) is 0 Å². The van der Waals surface area contributed by atoms with E-state index in [1.807, 2.05) is 35.8 Å². The van der Waals surface area contributed by atoms with Crippen LogP contribution in [0.25, 0.3) is 11.0 Å². The quantitative estimate of drug-likeness (QED) is 0.369. The standard InChI is InChI=1S/C13H18N4O2/c1-9(19-2)8-17-11-6-4-3-5-10(11)15-13(17)7-12(14)16-18/h3-6,9,18H,7-8H2,1-2H3,(H2,14,16). The molecule has 6 heteroatoms. The van der Waals surface area contributed by atoms with Crippen LogP contribution in [0.2, 0.25) is 0 Å². The van der Waals surface area contributed by atoms with E-state index in [9.17, 15) is 0 Å². The minimum Gasteiger partial charge on any atom is -0.409 e. The molecule has 0 amide bonds. The minimum atomic E-state index is 0.0589. The van der Waals surface area contributed by atoms with Gasteiger partial charge in [-0.2, -0.15) is 0 Å². The molecule has 102 valence electrons. The van der Waals surface area contributed by atoms with Crippen molar-refractivity contribution in [1.82, 2.24) is 9.55 Å². The summed E-state index contributed by atoms with van der Waals surface area (Å²) >= 11 is 0. The summed E-state index contributed by atoms with van der Waals surface area (Å²) in [6.45, 7) is 2.66. The third kappa shape index (κ3) is 2.85.